The largest absolute Gasteiger partial charge is 0.352 e. The lowest BCUT2D eigenvalue weighted by Gasteiger charge is -2.26. The van der Waals surface area contributed by atoms with Gasteiger partial charge in [-0.05, 0) is 31.4 Å². The fourth-order valence-electron chi connectivity index (χ4n) is 2.71. The van der Waals surface area contributed by atoms with Gasteiger partial charge < -0.3 is 11.1 Å². The number of carbonyl (C=O) groups is 1. The monoisotopic (exact) mass is 242 g/mol. The smallest absolute Gasteiger partial charge is 0.222 e. The van der Waals surface area contributed by atoms with Crippen molar-refractivity contribution >= 4 is 17.7 Å². The molecule has 0 aromatic rings. The molecule has 1 amide bonds. The van der Waals surface area contributed by atoms with Crippen molar-refractivity contribution in [2.45, 2.75) is 56.5 Å². The van der Waals surface area contributed by atoms with E-state index in [0.717, 1.165) is 25.0 Å². The van der Waals surface area contributed by atoms with Crippen LogP contribution in [0.4, 0.5) is 0 Å². The van der Waals surface area contributed by atoms with Crippen LogP contribution in [0, 0.1) is 0 Å². The van der Waals surface area contributed by atoms with Crippen LogP contribution in [0.2, 0.25) is 0 Å². The van der Waals surface area contributed by atoms with Crippen LogP contribution in [-0.2, 0) is 4.79 Å². The molecule has 1 atom stereocenters. The zero-order valence-corrected chi connectivity index (χ0v) is 10.7. The van der Waals surface area contributed by atoms with E-state index in [-0.39, 0.29) is 11.4 Å². The Morgan fingerprint density at radius 2 is 2.12 bits per heavy atom. The van der Waals surface area contributed by atoms with Crippen molar-refractivity contribution in [2.24, 2.45) is 5.73 Å². The maximum atomic E-state index is 11.9. The maximum absolute atomic E-state index is 11.9. The van der Waals surface area contributed by atoms with Crippen LogP contribution in [0.3, 0.4) is 0 Å². The summed E-state index contributed by atoms with van der Waals surface area (Å²) in [4.78, 5) is 11.9. The summed E-state index contributed by atoms with van der Waals surface area (Å²) in [5.41, 5.74) is 6.00. The van der Waals surface area contributed by atoms with Crippen LogP contribution in [0.25, 0.3) is 0 Å². The van der Waals surface area contributed by atoms with Gasteiger partial charge in [-0.2, -0.15) is 11.8 Å². The second-order valence-electron chi connectivity index (χ2n) is 5.23. The van der Waals surface area contributed by atoms with Gasteiger partial charge in [0, 0.05) is 23.8 Å². The number of hydrogen-bond donors (Lipinski definition) is 2. The number of thioether (sulfide) groups is 1. The third-order valence-electron chi connectivity index (χ3n) is 3.64. The van der Waals surface area contributed by atoms with E-state index in [1.54, 1.807) is 0 Å². The minimum atomic E-state index is -0.202. The molecule has 16 heavy (non-hydrogen) atoms. The first-order chi connectivity index (χ1) is 7.68. The summed E-state index contributed by atoms with van der Waals surface area (Å²) >= 11 is 1.94. The fourth-order valence-corrected chi connectivity index (χ4v) is 3.78. The van der Waals surface area contributed by atoms with Crippen LogP contribution in [0.15, 0.2) is 0 Å². The van der Waals surface area contributed by atoms with Crippen molar-refractivity contribution in [2.75, 3.05) is 11.5 Å². The molecule has 1 saturated heterocycles. The molecule has 1 aliphatic carbocycles. The normalized spacial score (nSPS) is 28.9. The summed E-state index contributed by atoms with van der Waals surface area (Å²) in [5.74, 6) is 2.48. The second kappa shape index (κ2) is 5.41. The number of nitrogens with two attached hydrogens (primary N) is 1. The first-order valence-corrected chi connectivity index (χ1v) is 7.49. The van der Waals surface area contributed by atoms with E-state index in [4.69, 9.17) is 5.73 Å². The molecule has 92 valence electrons. The van der Waals surface area contributed by atoms with Crippen molar-refractivity contribution in [1.29, 1.82) is 0 Å². The van der Waals surface area contributed by atoms with Crippen LogP contribution in [0.5, 0.6) is 0 Å². The molecule has 0 radical (unpaired) electrons. The minimum absolute atomic E-state index is 0.164. The summed E-state index contributed by atoms with van der Waals surface area (Å²) in [7, 11) is 0. The van der Waals surface area contributed by atoms with Gasteiger partial charge in [0.2, 0.25) is 5.91 Å². The molecule has 0 aromatic carbocycles. The van der Waals surface area contributed by atoms with Gasteiger partial charge in [0.1, 0.15) is 0 Å². The van der Waals surface area contributed by atoms with E-state index >= 15 is 0 Å². The Balaban J connectivity index is 1.74. The summed E-state index contributed by atoms with van der Waals surface area (Å²) < 4.78 is 0. The third-order valence-corrected chi connectivity index (χ3v) is 4.85. The van der Waals surface area contributed by atoms with Gasteiger partial charge in [-0.25, -0.2) is 0 Å². The van der Waals surface area contributed by atoms with Gasteiger partial charge in [-0.15, -0.1) is 0 Å². The molecule has 1 unspecified atom stereocenters. The van der Waals surface area contributed by atoms with Crippen LogP contribution in [-0.4, -0.2) is 29.0 Å². The average molecular weight is 242 g/mol. The highest BCUT2D eigenvalue weighted by atomic mass is 32.2. The molecule has 0 spiro atoms. The maximum Gasteiger partial charge on any atom is 0.222 e. The number of nitrogens with one attached hydrogen (secondary N) is 1. The highest BCUT2D eigenvalue weighted by Gasteiger charge is 2.32. The van der Waals surface area contributed by atoms with Gasteiger partial charge >= 0.3 is 0 Å². The number of amides is 1. The van der Waals surface area contributed by atoms with E-state index in [0.29, 0.717) is 12.5 Å². The van der Waals surface area contributed by atoms with Gasteiger partial charge in [0.25, 0.3) is 0 Å². The van der Waals surface area contributed by atoms with E-state index in [1.807, 2.05) is 11.8 Å². The Morgan fingerprint density at radius 1 is 1.38 bits per heavy atom. The van der Waals surface area contributed by atoms with E-state index in [2.05, 4.69) is 5.32 Å². The molecule has 3 N–H and O–H groups in total. The highest BCUT2D eigenvalue weighted by molar-refractivity contribution is 7.99. The Bertz CT molecular complexity index is 245. The Morgan fingerprint density at radius 3 is 2.75 bits per heavy atom. The van der Waals surface area contributed by atoms with Crippen molar-refractivity contribution in [3.63, 3.8) is 0 Å². The molecule has 1 aliphatic heterocycles. The molecule has 0 bridgehead atoms. The van der Waals surface area contributed by atoms with E-state index in [9.17, 15) is 4.79 Å². The summed E-state index contributed by atoms with van der Waals surface area (Å²) in [6.45, 7) is 0. The Kier molecular flexibility index (Phi) is 4.14. The number of carbonyl (C=O) groups excluding carboxylic acids is 1. The molecule has 0 aromatic heterocycles. The minimum Gasteiger partial charge on any atom is -0.352 e. The SMILES string of the molecule is NC1(CC(=O)NC2CCCSC2)CCCC1. The van der Waals surface area contributed by atoms with Gasteiger partial charge in [-0.3, -0.25) is 4.79 Å². The van der Waals surface area contributed by atoms with E-state index in [1.165, 1.54) is 25.0 Å². The second-order valence-corrected chi connectivity index (χ2v) is 6.38. The van der Waals surface area contributed by atoms with E-state index < -0.39 is 0 Å². The molecule has 1 saturated carbocycles. The van der Waals surface area contributed by atoms with Gasteiger partial charge in [-0.1, -0.05) is 12.8 Å². The fraction of sp³-hybridized carbons (Fsp3) is 0.917. The lowest BCUT2D eigenvalue weighted by Crippen LogP contribution is -2.45. The zero-order chi connectivity index (χ0) is 11.4. The van der Waals surface area contributed by atoms with Crippen molar-refractivity contribution in [1.82, 2.24) is 5.32 Å². The van der Waals surface area contributed by atoms with Crippen LogP contribution >= 0.6 is 11.8 Å². The standard InChI is InChI=1S/C12H22N2OS/c13-12(5-1-2-6-12)8-11(15)14-10-4-3-7-16-9-10/h10H,1-9,13H2,(H,14,15). The predicted octanol–water partition coefficient (Wildman–Crippen LogP) is 1.66. The number of hydrogen-bond acceptors (Lipinski definition) is 3. The Labute approximate surface area is 102 Å². The third kappa shape index (κ3) is 3.39. The molecule has 3 nitrogen and oxygen atoms in total. The lowest BCUT2D eigenvalue weighted by molar-refractivity contribution is -0.122. The molecule has 2 rings (SSSR count). The predicted molar refractivity (Wildman–Crippen MR) is 68.5 cm³/mol. The summed E-state index contributed by atoms with van der Waals surface area (Å²) in [6.07, 6.45) is 7.28. The molecule has 2 fully saturated rings. The molecule has 2 aliphatic rings. The summed E-state index contributed by atoms with van der Waals surface area (Å²) in [6, 6.07) is 0.385. The molecular weight excluding hydrogens is 220 g/mol. The highest BCUT2D eigenvalue weighted by Crippen LogP contribution is 2.30. The Hall–Kier alpha value is -0.220. The quantitative estimate of drug-likeness (QED) is 0.791. The first kappa shape index (κ1) is 12.2. The zero-order valence-electron chi connectivity index (χ0n) is 9.84. The lowest BCUT2D eigenvalue weighted by atomic mass is 9.94. The first-order valence-electron chi connectivity index (χ1n) is 6.34. The average Bonchev–Trinajstić information content (AvgIpc) is 2.66. The van der Waals surface area contributed by atoms with Crippen molar-refractivity contribution < 1.29 is 4.79 Å². The topological polar surface area (TPSA) is 55.1 Å². The van der Waals surface area contributed by atoms with Gasteiger partial charge in [0.15, 0.2) is 0 Å². The van der Waals surface area contributed by atoms with Gasteiger partial charge in [0.05, 0.1) is 0 Å². The molecular formula is C12H22N2OS. The van der Waals surface area contributed by atoms with Crippen molar-refractivity contribution in [3.8, 4) is 0 Å². The van der Waals surface area contributed by atoms with Crippen molar-refractivity contribution in [3.05, 3.63) is 0 Å². The van der Waals surface area contributed by atoms with Crippen LogP contribution < -0.4 is 11.1 Å². The molecule has 4 heteroatoms. The van der Waals surface area contributed by atoms with Crippen LogP contribution in [0.1, 0.15) is 44.9 Å². The molecule has 1 heterocycles. The summed E-state index contributed by atoms with van der Waals surface area (Å²) in [5, 5.41) is 3.13. The number of rotatable bonds is 3.